The number of thioether (sulfide) groups is 1. The van der Waals surface area contributed by atoms with Crippen molar-refractivity contribution >= 4 is 39.6 Å². The Balaban J connectivity index is 2.52. The van der Waals surface area contributed by atoms with Crippen molar-refractivity contribution in [1.29, 1.82) is 0 Å². The van der Waals surface area contributed by atoms with Crippen LogP contribution in [0.1, 0.15) is 13.3 Å². The molecule has 0 atom stereocenters. The van der Waals surface area contributed by atoms with Crippen LogP contribution in [0.4, 0.5) is 0 Å². The number of hydrogen-bond acceptors (Lipinski definition) is 4. The van der Waals surface area contributed by atoms with E-state index in [1.807, 2.05) is 31.2 Å². The Morgan fingerprint density at radius 3 is 2.50 bits per heavy atom. The number of carbonyl (C=O) groups is 2. The van der Waals surface area contributed by atoms with E-state index in [1.54, 1.807) is 0 Å². The number of amides is 1. The van der Waals surface area contributed by atoms with E-state index in [0.717, 1.165) is 15.8 Å². The lowest BCUT2D eigenvalue weighted by molar-refractivity contribution is -0.146. The fraction of sp³-hybridized carbons (Fsp3) is 0.429. The van der Waals surface area contributed by atoms with Crippen LogP contribution in [-0.2, 0) is 14.3 Å². The fourth-order valence-corrected chi connectivity index (χ4v) is 2.61. The summed E-state index contributed by atoms with van der Waals surface area (Å²) in [6, 6.07) is 7.77. The van der Waals surface area contributed by atoms with Gasteiger partial charge < -0.3 is 9.64 Å². The van der Waals surface area contributed by atoms with Crippen molar-refractivity contribution in [3.8, 4) is 0 Å². The van der Waals surface area contributed by atoms with Gasteiger partial charge in [0.05, 0.1) is 12.9 Å². The van der Waals surface area contributed by atoms with E-state index in [0.29, 0.717) is 12.3 Å². The Labute approximate surface area is 132 Å². The van der Waals surface area contributed by atoms with Gasteiger partial charge in [0.2, 0.25) is 5.91 Å². The molecule has 0 aliphatic rings. The third-order valence-electron chi connectivity index (χ3n) is 2.57. The first-order chi connectivity index (χ1) is 9.56. The van der Waals surface area contributed by atoms with E-state index in [-0.39, 0.29) is 18.4 Å². The van der Waals surface area contributed by atoms with Gasteiger partial charge in [0.15, 0.2) is 0 Å². The largest absolute Gasteiger partial charge is 0.468 e. The summed E-state index contributed by atoms with van der Waals surface area (Å²) in [7, 11) is 1.33. The first-order valence-corrected chi connectivity index (χ1v) is 8.07. The van der Waals surface area contributed by atoms with Crippen molar-refractivity contribution < 1.29 is 14.3 Å². The molecule has 6 heteroatoms. The van der Waals surface area contributed by atoms with Crippen LogP contribution in [0.3, 0.4) is 0 Å². The summed E-state index contributed by atoms with van der Waals surface area (Å²) >= 11 is 4.83. The van der Waals surface area contributed by atoms with Gasteiger partial charge in [-0.05, 0) is 30.7 Å². The Morgan fingerprint density at radius 2 is 1.95 bits per heavy atom. The van der Waals surface area contributed by atoms with Gasteiger partial charge in [-0.2, -0.15) is 0 Å². The molecular formula is C14H18BrNO3S. The SMILES string of the molecule is CCCN(CC(=O)OC)C(=O)CSc1ccc(Br)cc1. The van der Waals surface area contributed by atoms with E-state index in [2.05, 4.69) is 20.7 Å². The number of benzene rings is 1. The third-order valence-corrected chi connectivity index (χ3v) is 4.10. The Kier molecular flexibility index (Phi) is 7.69. The minimum atomic E-state index is -0.388. The lowest BCUT2D eigenvalue weighted by Gasteiger charge is -2.20. The molecule has 110 valence electrons. The monoisotopic (exact) mass is 359 g/mol. The third kappa shape index (κ3) is 5.96. The molecule has 20 heavy (non-hydrogen) atoms. The van der Waals surface area contributed by atoms with Crippen molar-refractivity contribution in [2.75, 3.05) is 26.0 Å². The van der Waals surface area contributed by atoms with E-state index in [1.165, 1.54) is 23.8 Å². The number of carbonyl (C=O) groups excluding carboxylic acids is 2. The molecule has 1 amide bonds. The zero-order valence-corrected chi connectivity index (χ0v) is 14.0. The van der Waals surface area contributed by atoms with Crippen molar-refractivity contribution in [3.63, 3.8) is 0 Å². The summed E-state index contributed by atoms with van der Waals surface area (Å²) in [5.41, 5.74) is 0. The van der Waals surface area contributed by atoms with Gasteiger partial charge in [0.25, 0.3) is 0 Å². The highest BCUT2D eigenvalue weighted by atomic mass is 79.9. The molecule has 0 fully saturated rings. The zero-order valence-electron chi connectivity index (χ0n) is 11.6. The maximum Gasteiger partial charge on any atom is 0.325 e. The molecule has 0 unspecified atom stereocenters. The maximum atomic E-state index is 12.1. The molecule has 0 bridgehead atoms. The van der Waals surface area contributed by atoms with Gasteiger partial charge in [-0.15, -0.1) is 11.8 Å². The van der Waals surface area contributed by atoms with Gasteiger partial charge in [-0.3, -0.25) is 9.59 Å². The summed E-state index contributed by atoms with van der Waals surface area (Å²) in [4.78, 5) is 26.0. The number of nitrogens with zero attached hydrogens (tertiary/aromatic N) is 1. The standard InChI is InChI=1S/C14H18BrNO3S/c1-3-8-16(9-14(18)19-2)13(17)10-20-12-6-4-11(15)5-7-12/h4-7H,3,8-10H2,1-2H3. The van der Waals surface area contributed by atoms with Crippen molar-refractivity contribution in [3.05, 3.63) is 28.7 Å². The van der Waals surface area contributed by atoms with Crippen LogP contribution in [0, 0.1) is 0 Å². The Hall–Kier alpha value is -1.01. The predicted molar refractivity (Wildman–Crippen MR) is 83.8 cm³/mol. The highest BCUT2D eigenvalue weighted by Crippen LogP contribution is 2.20. The van der Waals surface area contributed by atoms with E-state index in [9.17, 15) is 9.59 Å². The molecule has 0 heterocycles. The first kappa shape index (κ1) is 17.0. The normalized spacial score (nSPS) is 10.2. The molecule has 0 saturated heterocycles. The van der Waals surface area contributed by atoms with Crippen LogP contribution in [-0.4, -0.2) is 42.7 Å². The van der Waals surface area contributed by atoms with Gasteiger partial charge in [-0.1, -0.05) is 22.9 Å². The summed E-state index contributed by atoms with van der Waals surface area (Å²) in [6.07, 6.45) is 0.811. The topological polar surface area (TPSA) is 46.6 Å². The lowest BCUT2D eigenvalue weighted by Crippen LogP contribution is -2.37. The Bertz CT molecular complexity index is 450. The molecule has 0 spiro atoms. The van der Waals surface area contributed by atoms with Gasteiger partial charge in [-0.25, -0.2) is 0 Å². The molecule has 0 N–H and O–H groups in total. The summed E-state index contributed by atoms with van der Waals surface area (Å²) < 4.78 is 5.61. The molecule has 0 saturated carbocycles. The second-order valence-corrected chi connectivity index (χ2v) is 6.10. The van der Waals surface area contributed by atoms with Gasteiger partial charge in [0, 0.05) is 15.9 Å². The molecule has 0 aromatic heterocycles. The average Bonchev–Trinajstić information content (AvgIpc) is 2.45. The van der Waals surface area contributed by atoms with Crippen LogP contribution in [0.2, 0.25) is 0 Å². The molecule has 1 aromatic rings. The molecular weight excluding hydrogens is 342 g/mol. The van der Waals surface area contributed by atoms with Crippen LogP contribution in [0.5, 0.6) is 0 Å². The second-order valence-electron chi connectivity index (χ2n) is 4.13. The van der Waals surface area contributed by atoms with E-state index < -0.39 is 0 Å². The molecule has 4 nitrogen and oxygen atoms in total. The lowest BCUT2D eigenvalue weighted by atomic mass is 10.4. The number of methoxy groups -OCH3 is 1. The molecule has 0 radical (unpaired) electrons. The summed E-state index contributed by atoms with van der Waals surface area (Å²) in [5.74, 6) is -0.121. The zero-order chi connectivity index (χ0) is 15.0. The maximum absolute atomic E-state index is 12.1. The molecule has 0 aliphatic carbocycles. The number of halogens is 1. The van der Waals surface area contributed by atoms with Crippen LogP contribution in [0.25, 0.3) is 0 Å². The van der Waals surface area contributed by atoms with Crippen molar-refractivity contribution in [1.82, 2.24) is 4.90 Å². The molecule has 1 rings (SSSR count). The smallest absolute Gasteiger partial charge is 0.325 e. The quantitative estimate of drug-likeness (QED) is 0.554. The number of rotatable bonds is 7. The summed E-state index contributed by atoms with van der Waals surface area (Å²) in [5, 5.41) is 0. The average molecular weight is 360 g/mol. The number of hydrogen-bond donors (Lipinski definition) is 0. The second kappa shape index (κ2) is 9.02. The summed E-state index contributed by atoms with van der Waals surface area (Å²) in [6.45, 7) is 2.55. The highest BCUT2D eigenvalue weighted by Gasteiger charge is 2.16. The van der Waals surface area contributed by atoms with Crippen molar-refractivity contribution in [2.45, 2.75) is 18.2 Å². The number of esters is 1. The predicted octanol–water partition coefficient (Wildman–Crippen LogP) is 2.95. The van der Waals surface area contributed by atoms with Crippen molar-refractivity contribution in [2.24, 2.45) is 0 Å². The van der Waals surface area contributed by atoms with Crippen LogP contribution < -0.4 is 0 Å². The minimum Gasteiger partial charge on any atom is -0.468 e. The van der Waals surface area contributed by atoms with Crippen LogP contribution >= 0.6 is 27.7 Å². The van der Waals surface area contributed by atoms with Crippen LogP contribution in [0.15, 0.2) is 33.6 Å². The van der Waals surface area contributed by atoms with Gasteiger partial charge in [0.1, 0.15) is 6.54 Å². The fourth-order valence-electron chi connectivity index (χ4n) is 1.55. The van der Waals surface area contributed by atoms with E-state index in [4.69, 9.17) is 0 Å². The van der Waals surface area contributed by atoms with E-state index >= 15 is 0 Å². The number of ether oxygens (including phenoxy) is 1. The first-order valence-electron chi connectivity index (χ1n) is 6.29. The molecule has 1 aromatic carbocycles. The minimum absolute atomic E-state index is 0.0179. The highest BCUT2D eigenvalue weighted by molar-refractivity contribution is 9.10. The van der Waals surface area contributed by atoms with Gasteiger partial charge >= 0.3 is 5.97 Å². The Morgan fingerprint density at radius 1 is 1.30 bits per heavy atom. The molecule has 0 aliphatic heterocycles.